The minimum atomic E-state index is -1.10. The molecule has 0 radical (unpaired) electrons. The van der Waals surface area contributed by atoms with E-state index in [0.717, 1.165) is 0 Å². The lowest BCUT2D eigenvalue weighted by Crippen LogP contribution is -2.42. The Morgan fingerprint density at radius 2 is 1.83 bits per heavy atom. The van der Waals surface area contributed by atoms with Gasteiger partial charge in [0.05, 0.1) is 17.9 Å². The van der Waals surface area contributed by atoms with E-state index in [1.54, 1.807) is 0 Å². The Balaban J connectivity index is 4.07. The van der Waals surface area contributed by atoms with Crippen LogP contribution in [0.2, 0.25) is 0 Å². The second kappa shape index (κ2) is 8.78. The van der Waals surface area contributed by atoms with E-state index < -0.39 is 24.0 Å². The fourth-order valence-corrected chi connectivity index (χ4v) is 1.43. The molecule has 0 fully saturated rings. The Labute approximate surface area is 109 Å². The molecule has 0 aromatic heterocycles. The number of nitrogens with two attached hydrogens (primary N) is 2. The first-order valence-corrected chi connectivity index (χ1v) is 5.92. The molecular formula is C9H17ClN4O4. The van der Waals surface area contributed by atoms with Crippen molar-refractivity contribution in [1.82, 2.24) is 5.01 Å². The van der Waals surface area contributed by atoms with Gasteiger partial charge in [-0.05, 0) is 19.3 Å². The maximum absolute atomic E-state index is 11.6. The number of carbonyl (C=O) groups is 2. The van der Waals surface area contributed by atoms with E-state index in [4.69, 9.17) is 28.2 Å². The van der Waals surface area contributed by atoms with Crippen molar-refractivity contribution in [3.8, 4) is 0 Å². The molecule has 0 bridgehead atoms. The van der Waals surface area contributed by atoms with Crippen LogP contribution in [0.25, 0.3) is 0 Å². The van der Waals surface area contributed by atoms with E-state index in [1.807, 2.05) is 0 Å². The number of nitrogens with zero attached hydrogens (tertiary/aromatic N) is 2. The van der Waals surface area contributed by atoms with Crippen LogP contribution in [0.3, 0.4) is 0 Å². The van der Waals surface area contributed by atoms with Crippen molar-refractivity contribution in [2.45, 2.75) is 31.3 Å². The van der Waals surface area contributed by atoms with E-state index in [-0.39, 0.29) is 25.3 Å². The molecular weight excluding hydrogens is 264 g/mol. The van der Waals surface area contributed by atoms with Crippen LogP contribution < -0.4 is 11.5 Å². The first-order chi connectivity index (χ1) is 8.43. The van der Waals surface area contributed by atoms with Crippen molar-refractivity contribution >= 4 is 23.5 Å². The zero-order valence-electron chi connectivity index (χ0n) is 9.79. The highest BCUT2D eigenvalue weighted by Gasteiger charge is 2.22. The molecule has 0 saturated heterocycles. The van der Waals surface area contributed by atoms with Gasteiger partial charge in [0.15, 0.2) is 0 Å². The zero-order chi connectivity index (χ0) is 14.1. The molecule has 5 N–H and O–H groups in total. The minimum Gasteiger partial charge on any atom is -0.480 e. The van der Waals surface area contributed by atoms with Crippen LogP contribution in [0.4, 0.5) is 0 Å². The number of carboxylic acid groups (broad SMARTS) is 1. The standard InChI is InChI=1S/C9H17ClN4O4/c10-4-5-14(13-18)8(15)6(11)2-1-3-7(12)9(16)17/h6-7H,1-5,11-12H2,(H,16,17)/t6?,7-/m0/s1. The molecule has 0 aliphatic rings. The fourth-order valence-electron chi connectivity index (χ4n) is 1.27. The Kier molecular flexibility index (Phi) is 8.17. The summed E-state index contributed by atoms with van der Waals surface area (Å²) in [5.74, 6) is -1.66. The van der Waals surface area contributed by atoms with Crippen LogP contribution in [0, 0.1) is 4.91 Å². The Bertz CT molecular complexity index is 302. The summed E-state index contributed by atoms with van der Waals surface area (Å²) in [6.07, 6.45) is 0.808. The average molecular weight is 281 g/mol. The quantitative estimate of drug-likeness (QED) is 0.299. The van der Waals surface area contributed by atoms with Gasteiger partial charge >= 0.3 is 5.97 Å². The van der Waals surface area contributed by atoms with Gasteiger partial charge in [0.25, 0.3) is 5.91 Å². The SMILES string of the molecule is NC(CCC[C@H](N)C(=O)O)C(=O)N(CCCl)N=O. The molecule has 0 spiro atoms. The van der Waals surface area contributed by atoms with Gasteiger partial charge in [-0.15, -0.1) is 16.5 Å². The molecule has 0 aliphatic carbocycles. The van der Waals surface area contributed by atoms with Crippen molar-refractivity contribution in [2.24, 2.45) is 16.8 Å². The molecule has 8 nitrogen and oxygen atoms in total. The number of carboxylic acids is 1. The van der Waals surface area contributed by atoms with E-state index in [9.17, 15) is 14.5 Å². The number of carbonyl (C=O) groups excluding carboxylic acids is 1. The van der Waals surface area contributed by atoms with Gasteiger partial charge in [0, 0.05) is 5.88 Å². The predicted molar refractivity (Wildman–Crippen MR) is 65.7 cm³/mol. The highest BCUT2D eigenvalue weighted by Crippen LogP contribution is 2.05. The van der Waals surface area contributed by atoms with Gasteiger partial charge < -0.3 is 16.6 Å². The number of hydrogen-bond donors (Lipinski definition) is 3. The molecule has 0 aromatic rings. The topological polar surface area (TPSA) is 139 Å². The van der Waals surface area contributed by atoms with Gasteiger partial charge in [0.1, 0.15) is 6.04 Å². The normalized spacial score (nSPS) is 13.7. The van der Waals surface area contributed by atoms with Crippen LogP contribution in [0.1, 0.15) is 19.3 Å². The first kappa shape index (κ1) is 16.8. The minimum absolute atomic E-state index is 0.00771. The van der Waals surface area contributed by atoms with Gasteiger partial charge in [-0.25, -0.2) is 0 Å². The number of amides is 1. The highest BCUT2D eigenvalue weighted by atomic mass is 35.5. The summed E-state index contributed by atoms with van der Waals surface area (Å²) in [6, 6.07) is -1.89. The van der Waals surface area contributed by atoms with Gasteiger partial charge in [-0.3, -0.25) is 9.59 Å². The second-order valence-electron chi connectivity index (χ2n) is 3.71. The van der Waals surface area contributed by atoms with E-state index in [1.165, 1.54) is 0 Å². The Morgan fingerprint density at radius 1 is 1.28 bits per heavy atom. The summed E-state index contributed by atoms with van der Waals surface area (Å²) >= 11 is 5.39. The zero-order valence-corrected chi connectivity index (χ0v) is 10.5. The summed E-state index contributed by atoms with van der Waals surface area (Å²) in [6.45, 7) is -0.00771. The maximum Gasteiger partial charge on any atom is 0.320 e. The summed E-state index contributed by atoms with van der Waals surface area (Å²) in [4.78, 5) is 32.4. The number of rotatable bonds is 9. The van der Waals surface area contributed by atoms with Crippen molar-refractivity contribution in [3.63, 3.8) is 0 Å². The molecule has 104 valence electrons. The fraction of sp³-hybridized carbons (Fsp3) is 0.778. The molecule has 0 rings (SSSR count). The number of halogens is 1. The molecule has 0 saturated carbocycles. The number of alkyl halides is 1. The van der Waals surface area contributed by atoms with Crippen LogP contribution in [-0.2, 0) is 9.59 Å². The monoisotopic (exact) mass is 280 g/mol. The van der Waals surface area contributed by atoms with E-state index in [0.29, 0.717) is 11.4 Å². The third kappa shape index (κ3) is 5.89. The molecule has 18 heavy (non-hydrogen) atoms. The van der Waals surface area contributed by atoms with Crippen molar-refractivity contribution < 1.29 is 14.7 Å². The molecule has 1 unspecified atom stereocenters. The number of nitroso groups, excluding NO2 is 1. The van der Waals surface area contributed by atoms with E-state index >= 15 is 0 Å². The molecule has 1 amide bonds. The summed E-state index contributed by atoms with van der Waals surface area (Å²) in [5.41, 5.74) is 10.9. The number of hydrogen-bond acceptors (Lipinski definition) is 6. The number of aliphatic carboxylic acids is 1. The predicted octanol–water partition coefficient (Wildman–Crippen LogP) is -0.355. The van der Waals surface area contributed by atoms with Crippen LogP contribution >= 0.6 is 11.6 Å². The molecule has 9 heteroatoms. The second-order valence-corrected chi connectivity index (χ2v) is 4.09. The van der Waals surface area contributed by atoms with Crippen molar-refractivity contribution in [3.05, 3.63) is 4.91 Å². The maximum atomic E-state index is 11.6. The van der Waals surface area contributed by atoms with Crippen LogP contribution in [0.15, 0.2) is 5.29 Å². The summed E-state index contributed by atoms with van der Waals surface area (Å²) in [5, 5.41) is 11.7. The summed E-state index contributed by atoms with van der Waals surface area (Å²) < 4.78 is 0. The van der Waals surface area contributed by atoms with Gasteiger partial charge in [-0.2, -0.15) is 5.01 Å². The third-order valence-corrected chi connectivity index (χ3v) is 2.48. The third-order valence-electron chi connectivity index (χ3n) is 2.31. The van der Waals surface area contributed by atoms with E-state index in [2.05, 4.69) is 5.29 Å². The van der Waals surface area contributed by atoms with Gasteiger partial charge in [-0.1, -0.05) is 0 Å². The Morgan fingerprint density at radius 3 is 2.28 bits per heavy atom. The molecule has 0 heterocycles. The van der Waals surface area contributed by atoms with Crippen molar-refractivity contribution in [2.75, 3.05) is 12.4 Å². The molecule has 0 aliphatic heterocycles. The lowest BCUT2D eigenvalue weighted by atomic mass is 10.1. The van der Waals surface area contributed by atoms with Gasteiger partial charge in [0.2, 0.25) is 0 Å². The first-order valence-electron chi connectivity index (χ1n) is 5.38. The Hall–Kier alpha value is -1.25. The largest absolute Gasteiger partial charge is 0.480 e. The van der Waals surface area contributed by atoms with Crippen LogP contribution in [-0.4, -0.2) is 46.5 Å². The van der Waals surface area contributed by atoms with Crippen LogP contribution in [0.5, 0.6) is 0 Å². The highest BCUT2D eigenvalue weighted by molar-refractivity contribution is 6.18. The molecule has 0 aromatic carbocycles. The smallest absolute Gasteiger partial charge is 0.320 e. The van der Waals surface area contributed by atoms with Crippen molar-refractivity contribution in [1.29, 1.82) is 0 Å². The summed E-state index contributed by atoms with van der Waals surface area (Å²) in [7, 11) is 0. The lowest BCUT2D eigenvalue weighted by molar-refractivity contribution is -0.138. The molecule has 2 atom stereocenters. The average Bonchev–Trinajstić information content (AvgIpc) is 2.34. The lowest BCUT2D eigenvalue weighted by Gasteiger charge is -2.17.